The molecule has 8 nitrogen and oxygen atoms in total. The molecule has 3 heterocycles. The second-order valence-electron chi connectivity index (χ2n) is 9.36. The van der Waals surface area contributed by atoms with E-state index in [1.54, 1.807) is 4.90 Å². The number of benzene rings is 1. The van der Waals surface area contributed by atoms with Gasteiger partial charge in [-0.3, -0.25) is 9.59 Å². The van der Waals surface area contributed by atoms with E-state index >= 15 is 0 Å². The number of nitrogens with one attached hydrogen (secondary N) is 1. The van der Waals surface area contributed by atoms with Crippen LogP contribution in [-0.2, 0) is 22.1 Å². The summed E-state index contributed by atoms with van der Waals surface area (Å²) in [4.78, 5) is 31.2. The molecule has 2 aromatic heterocycles. The SMILES string of the molecule is O=C(NCC1COCCN1C(=O)CCCCCCCc1ccccc1)c1ccc(-c2noc(C(F)(F)F)n2)s1. The highest BCUT2D eigenvalue weighted by Crippen LogP contribution is 2.31. The highest BCUT2D eigenvalue weighted by molar-refractivity contribution is 7.17. The summed E-state index contributed by atoms with van der Waals surface area (Å²) in [7, 11) is 0. The maximum atomic E-state index is 12.9. The van der Waals surface area contributed by atoms with Crippen LogP contribution in [0.2, 0.25) is 0 Å². The average molecular weight is 565 g/mol. The predicted molar refractivity (Wildman–Crippen MR) is 139 cm³/mol. The van der Waals surface area contributed by atoms with Crippen molar-refractivity contribution in [2.45, 2.75) is 57.2 Å². The Morgan fingerprint density at radius 1 is 1.05 bits per heavy atom. The highest BCUT2D eigenvalue weighted by Gasteiger charge is 2.38. The molecule has 4 rings (SSSR count). The monoisotopic (exact) mass is 564 g/mol. The quantitative estimate of drug-likeness (QED) is 0.298. The van der Waals surface area contributed by atoms with Crippen LogP contribution in [0.25, 0.3) is 10.7 Å². The fourth-order valence-corrected chi connectivity index (χ4v) is 5.24. The molecule has 0 spiro atoms. The number of carbonyl (C=O) groups is 2. The van der Waals surface area contributed by atoms with Gasteiger partial charge < -0.3 is 19.5 Å². The molecule has 0 aliphatic carbocycles. The molecule has 1 aliphatic rings. The second kappa shape index (κ2) is 13.7. The van der Waals surface area contributed by atoms with Crippen molar-refractivity contribution < 1.29 is 32.0 Å². The number of aryl methyl sites for hydroxylation is 1. The molecule has 1 fully saturated rings. The number of rotatable bonds is 12. The summed E-state index contributed by atoms with van der Waals surface area (Å²) in [6.45, 7) is 1.45. The fraction of sp³-hybridized carbons (Fsp3) is 0.481. The Morgan fingerprint density at radius 2 is 1.82 bits per heavy atom. The van der Waals surface area contributed by atoms with Gasteiger partial charge in [-0.2, -0.15) is 18.2 Å². The van der Waals surface area contributed by atoms with Crippen molar-refractivity contribution in [1.29, 1.82) is 0 Å². The Labute approximate surface area is 228 Å². The molecule has 1 N–H and O–H groups in total. The number of ether oxygens (including phenoxy) is 1. The standard InChI is InChI=1S/C27H31F3N4O4S/c28-27(29,30)26-32-24(33-38-26)21-13-14-22(39-21)25(36)31-17-20-18-37-16-15-34(20)23(35)12-8-3-1-2-5-9-19-10-6-4-7-11-19/h4,6-7,10-11,13-14,20H,1-3,5,8-9,12,15-18H2,(H,31,36). The molecule has 0 saturated carbocycles. The molecule has 12 heteroatoms. The van der Waals surface area contributed by atoms with Crippen LogP contribution in [0.15, 0.2) is 47.0 Å². The van der Waals surface area contributed by atoms with Crippen LogP contribution in [0.3, 0.4) is 0 Å². The second-order valence-corrected chi connectivity index (χ2v) is 10.4. The first-order valence-corrected chi connectivity index (χ1v) is 13.8. The molecule has 39 heavy (non-hydrogen) atoms. The van der Waals surface area contributed by atoms with Gasteiger partial charge in [0, 0.05) is 19.5 Å². The number of thiophene rings is 1. The van der Waals surface area contributed by atoms with Crippen molar-refractivity contribution in [3.63, 3.8) is 0 Å². The summed E-state index contributed by atoms with van der Waals surface area (Å²) in [6, 6.07) is 13.1. The van der Waals surface area contributed by atoms with Crippen LogP contribution in [0.1, 0.15) is 59.7 Å². The third-order valence-corrected chi connectivity index (χ3v) is 7.54. The molecule has 3 aromatic rings. The van der Waals surface area contributed by atoms with E-state index in [9.17, 15) is 22.8 Å². The Bertz CT molecular complexity index is 1220. The summed E-state index contributed by atoms with van der Waals surface area (Å²) in [5.41, 5.74) is 1.35. The lowest BCUT2D eigenvalue weighted by Gasteiger charge is -2.35. The first kappa shape index (κ1) is 28.8. The minimum atomic E-state index is -4.74. The van der Waals surface area contributed by atoms with Crippen molar-refractivity contribution in [3.8, 4) is 10.7 Å². The molecule has 1 unspecified atom stereocenters. The number of carbonyl (C=O) groups excluding carboxylic acids is 2. The Hall–Kier alpha value is -3.25. The van der Waals surface area contributed by atoms with E-state index in [0.717, 1.165) is 49.9 Å². The van der Waals surface area contributed by atoms with Crippen molar-refractivity contribution >= 4 is 23.2 Å². The third kappa shape index (κ3) is 8.37. The highest BCUT2D eigenvalue weighted by atomic mass is 32.1. The van der Waals surface area contributed by atoms with E-state index in [2.05, 4.69) is 44.2 Å². The van der Waals surface area contributed by atoms with Crippen LogP contribution >= 0.6 is 11.3 Å². The zero-order chi connectivity index (χ0) is 27.7. The van der Waals surface area contributed by atoms with E-state index < -0.39 is 18.0 Å². The number of amides is 2. The van der Waals surface area contributed by atoms with Crippen LogP contribution < -0.4 is 5.32 Å². The summed E-state index contributed by atoms with van der Waals surface area (Å²) >= 11 is 0.953. The zero-order valence-corrected chi connectivity index (χ0v) is 22.2. The van der Waals surface area contributed by atoms with Crippen molar-refractivity contribution in [2.75, 3.05) is 26.3 Å². The topological polar surface area (TPSA) is 97.6 Å². The fourth-order valence-electron chi connectivity index (χ4n) is 4.39. The van der Waals surface area contributed by atoms with Gasteiger partial charge in [0.25, 0.3) is 5.91 Å². The van der Waals surface area contributed by atoms with Crippen molar-refractivity contribution in [2.24, 2.45) is 0 Å². The van der Waals surface area contributed by atoms with E-state index in [0.29, 0.717) is 26.2 Å². The Kier molecular flexibility index (Phi) is 10.1. The lowest BCUT2D eigenvalue weighted by molar-refractivity contribution is -0.159. The Morgan fingerprint density at radius 3 is 2.59 bits per heavy atom. The van der Waals surface area contributed by atoms with Gasteiger partial charge >= 0.3 is 12.1 Å². The molecule has 1 atom stereocenters. The Balaban J connectivity index is 1.18. The first-order valence-electron chi connectivity index (χ1n) is 13.0. The molecule has 1 aromatic carbocycles. The first-order chi connectivity index (χ1) is 18.8. The van der Waals surface area contributed by atoms with E-state index in [4.69, 9.17) is 4.74 Å². The smallest absolute Gasteiger partial charge is 0.377 e. The van der Waals surface area contributed by atoms with Gasteiger partial charge in [0.1, 0.15) is 0 Å². The number of hydrogen-bond donors (Lipinski definition) is 1. The number of hydrogen-bond acceptors (Lipinski definition) is 7. The summed E-state index contributed by atoms with van der Waals surface area (Å²) < 4.78 is 47.9. The number of alkyl halides is 3. The zero-order valence-electron chi connectivity index (χ0n) is 21.4. The molecular formula is C27H31F3N4O4S. The molecule has 1 aliphatic heterocycles. The van der Waals surface area contributed by atoms with E-state index in [1.165, 1.54) is 17.7 Å². The molecule has 1 saturated heterocycles. The van der Waals surface area contributed by atoms with Gasteiger partial charge in [0.2, 0.25) is 11.7 Å². The summed E-state index contributed by atoms with van der Waals surface area (Å²) in [5.74, 6) is -2.03. The molecule has 0 radical (unpaired) electrons. The van der Waals surface area contributed by atoms with E-state index in [-0.39, 0.29) is 34.1 Å². The summed E-state index contributed by atoms with van der Waals surface area (Å²) in [6.07, 6.45) is 1.98. The molecule has 210 valence electrons. The van der Waals surface area contributed by atoms with Crippen LogP contribution in [0, 0.1) is 0 Å². The lowest BCUT2D eigenvalue weighted by atomic mass is 10.0. The lowest BCUT2D eigenvalue weighted by Crippen LogP contribution is -2.53. The van der Waals surface area contributed by atoms with Crippen molar-refractivity contribution in [1.82, 2.24) is 20.4 Å². The number of unbranched alkanes of at least 4 members (excludes halogenated alkanes) is 4. The van der Waals surface area contributed by atoms with Crippen molar-refractivity contribution in [3.05, 3.63) is 58.8 Å². The number of morpholine rings is 1. The predicted octanol–water partition coefficient (Wildman–Crippen LogP) is 5.36. The minimum Gasteiger partial charge on any atom is -0.377 e. The molecule has 0 bridgehead atoms. The minimum absolute atomic E-state index is 0.0535. The van der Waals surface area contributed by atoms with Gasteiger partial charge in [-0.15, -0.1) is 11.3 Å². The normalized spacial score (nSPS) is 15.9. The van der Waals surface area contributed by atoms with Gasteiger partial charge in [-0.05, 0) is 37.0 Å². The maximum absolute atomic E-state index is 12.9. The van der Waals surface area contributed by atoms with Gasteiger partial charge in [-0.1, -0.05) is 54.8 Å². The maximum Gasteiger partial charge on any atom is 0.471 e. The third-order valence-electron chi connectivity index (χ3n) is 6.46. The van der Waals surface area contributed by atoms with Gasteiger partial charge in [0.15, 0.2) is 0 Å². The number of halogens is 3. The average Bonchev–Trinajstić information content (AvgIpc) is 3.62. The van der Waals surface area contributed by atoms with Gasteiger partial charge in [-0.25, -0.2) is 0 Å². The van der Waals surface area contributed by atoms with Gasteiger partial charge in [0.05, 0.1) is 29.0 Å². The summed E-state index contributed by atoms with van der Waals surface area (Å²) in [5, 5.41) is 6.15. The number of nitrogens with zero attached hydrogens (tertiary/aromatic N) is 3. The van der Waals surface area contributed by atoms with E-state index in [1.807, 2.05) is 6.07 Å². The van der Waals surface area contributed by atoms with Crippen LogP contribution in [0.5, 0.6) is 0 Å². The van der Waals surface area contributed by atoms with Crippen LogP contribution in [0.4, 0.5) is 13.2 Å². The molecule has 2 amide bonds. The number of aromatic nitrogens is 2. The van der Waals surface area contributed by atoms with Crippen LogP contribution in [-0.4, -0.2) is 59.2 Å². The largest absolute Gasteiger partial charge is 0.471 e. The molecular weight excluding hydrogens is 533 g/mol.